The van der Waals surface area contributed by atoms with Crippen LogP contribution < -0.4 is 5.32 Å². The van der Waals surface area contributed by atoms with Crippen LogP contribution in [0.4, 0.5) is 0 Å². The van der Waals surface area contributed by atoms with Crippen molar-refractivity contribution in [3.8, 4) is 0 Å². The van der Waals surface area contributed by atoms with Crippen molar-refractivity contribution >= 4 is 5.91 Å². The number of hydrogen-bond donors (Lipinski definition) is 1. The summed E-state index contributed by atoms with van der Waals surface area (Å²) in [6.07, 6.45) is 2.29. The van der Waals surface area contributed by atoms with Crippen LogP contribution in [-0.2, 0) is 9.53 Å². The lowest BCUT2D eigenvalue weighted by molar-refractivity contribution is -0.122. The van der Waals surface area contributed by atoms with Crippen molar-refractivity contribution in [2.75, 3.05) is 32.8 Å². The number of rotatable bonds is 5. The average molecular weight is 274 g/mol. The molecule has 0 spiro atoms. The van der Waals surface area contributed by atoms with Crippen molar-refractivity contribution in [1.82, 2.24) is 10.2 Å². The van der Waals surface area contributed by atoms with E-state index in [9.17, 15) is 4.79 Å². The van der Waals surface area contributed by atoms with E-state index in [-0.39, 0.29) is 12.0 Å². The first kappa shape index (κ1) is 13.6. The van der Waals surface area contributed by atoms with Gasteiger partial charge in [-0.3, -0.25) is 9.69 Å². The SMILES string of the molecule is O=C(NCCN1CCO[C@@H](c2ccccc2)C1)C1CC1. The van der Waals surface area contributed by atoms with Gasteiger partial charge >= 0.3 is 0 Å². The first-order chi connectivity index (χ1) is 9.83. The first-order valence-electron chi connectivity index (χ1n) is 7.49. The van der Waals surface area contributed by atoms with Crippen molar-refractivity contribution in [2.24, 2.45) is 5.92 Å². The summed E-state index contributed by atoms with van der Waals surface area (Å²) in [6.45, 7) is 4.27. The zero-order valence-corrected chi connectivity index (χ0v) is 11.8. The largest absolute Gasteiger partial charge is 0.371 e. The Morgan fingerprint density at radius 2 is 2.10 bits per heavy atom. The van der Waals surface area contributed by atoms with E-state index >= 15 is 0 Å². The van der Waals surface area contributed by atoms with Crippen LogP contribution in [-0.4, -0.2) is 43.6 Å². The Morgan fingerprint density at radius 1 is 1.30 bits per heavy atom. The third kappa shape index (κ3) is 3.58. The Bertz CT molecular complexity index is 445. The third-order valence-corrected chi connectivity index (χ3v) is 4.00. The molecule has 1 atom stereocenters. The maximum Gasteiger partial charge on any atom is 0.223 e. The molecule has 0 aromatic heterocycles. The number of carbonyl (C=O) groups is 1. The molecule has 1 heterocycles. The van der Waals surface area contributed by atoms with Gasteiger partial charge in [0.15, 0.2) is 0 Å². The number of nitrogens with zero attached hydrogens (tertiary/aromatic N) is 1. The third-order valence-electron chi connectivity index (χ3n) is 4.00. The van der Waals surface area contributed by atoms with Gasteiger partial charge in [0.2, 0.25) is 5.91 Å². The minimum atomic E-state index is 0.157. The minimum absolute atomic E-state index is 0.157. The van der Waals surface area contributed by atoms with Gasteiger partial charge in [-0.25, -0.2) is 0 Å². The number of hydrogen-bond acceptors (Lipinski definition) is 3. The van der Waals surface area contributed by atoms with Gasteiger partial charge in [-0.05, 0) is 18.4 Å². The van der Waals surface area contributed by atoms with Crippen LogP contribution in [0.3, 0.4) is 0 Å². The zero-order valence-electron chi connectivity index (χ0n) is 11.8. The first-order valence-corrected chi connectivity index (χ1v) is 7.49. The molecular weight excluding hydrogens is 252 g/mol. The number of ether oxygens (including phenoxy) is 1. The van der Waals surface area contributed by atoms with Crippen LogP contribution in [0.25, 0.3) is 0 Å². The molecule has 3 rings (SSSR count). The van der Waals surface area contributed by atoms with E-state index in [4.69, 9.17) is 4.74 Å². The number of benzene rings is 1. The predicted octanol–water partition coefficient (Wildman–Crippen LogP) is 1.59. The fourth-order valence-corrected chi connectivity index (χ4v) is 2.60. The lowest BCUT2D eigenvalue weighted by Crippen LogP contribution is -2.42. The van der Waals surface area contributed by atoms with E-state index in [0.29, 0.717) is 5.92 Å². The quantitative estimate of drug-likeness (QED) is 0.886. The lowest BCUT2D eigenvalue weighted by Gasteiger charge is -2.33. The summed E-state index contributed by atoms with van der Waals surface area (Å²) < 4.78 is 5.84. The molecule has 2 fully saturated rings. The Labute approximate surface area is 120 Å². The van der Waals surface area contributed by atoms with Crippen molar-refractivity contribution in [3.63, 3.8) is 0 Å². The van der Waals surface area contributed by atoms with Crippen LogP contribution >= 0.6 is 0 Å². The highest BCUT2D eigenvalue weighted by Gasteiger charge is 2.29. The molecule has 1 N–H and O–H groups in total. The van der Waals surface area contributed by atoms with E-state index in [1.54, 1.807) is 0 Å². The molecular formula is C16H22N2O2. The number of carbonyl (C=O) groups excluding carboxylic acids is 1. The maximum absolute atomic E-state index is 11.6. The molecule has 1 aromatic rings. The second kappa shape index (κ2) is 6.37. The normalized spacial score (nSPS) is 23.5. The minimum Gasteiger partial charge on any atom is -0.371 e. The molecule has 1 saturated carbocycles. The fraction of sp³-hybridized carbons (Fsp3) is 0.562. The van der Waals surface area contributed by atoms with Gasteiger partial charge in [0.05, 0.1) is 12.7 Å². The summed E-state index contributed by atoms with van der Waals surface area (Å²) >= 11 is 0. The second-order valence-corrected chi connectivity index (χ2v) is 5.64. The standard InChI is InChI=1S/C16H22N2O2/c19-16(14-6-7-14)17-8-9-18-10-11-20-15(12-18)13-4-2-1-3-5-13/h1-5,14-15H,6-12H2,(H,17,19)/t15-/m1/s1. The smallest absolute Gasteiger partial charge is 0.223 e. The highest BCUT2D eigenvalue weighted by atomic mass is 16.5. The molecule has 2 aliphatic rings. The fourth-order valence-electron chi connectivity index (χ4n) is 2.60. The molecule has 1 aliphatic heterocycles. The molecule has 20 heavy (non-hydrogen) atoms. The Morgan fingerprint density at radius 3 is 2.85 bits per heavy atom. The molecule has 1 aromatic carbocycles. The monoisotopic (exact) mass is 274 g/mol. The molecule has 0 radical (unpaired) electrons. The summed E-state index contributed by atoms with van der Waals surface area (Å²) in [5.74, 6) is 0.537. The van der Waals surface area contributed by atoms with E-state index < -0.39 is 0 Å². The predicted molar refractivity (Wildman–Crippen MR) is 77.3 cm³/mol. The molecule has 4 heteroatoms. The van der Waals surface area contributed by atoms with E-state index in [1.165, 1.54) is 5.56 Å². The van der Waals surface area contributed by atoms with Crippen LogP contribution in [0.5, 0.6) is 0 Å². The molecule has 1 amide bonds. The second-order valence-electron chi connectivity index (χ2n) is 5.64. The van der Waals surface area contributed by atoms with Crippen LogP contribution in [0.1, 0.15) is 24.5 Å². The molecule has 1 saturated heterocycles. The Kier molecular flexibility index (Phi) is 4.33. The number of morpholine rings is 1. The van der Waals surface area contributed by atoms with Crippen molar-refractivity contribution in [2.45, 2.75) is 18.9 Å². The topological polar surface area (TPSA) is 41.6 Å². The lowest BCUT2D eigenvalue weighted by atomic mass is 10.1. The summed E-state index contributed by atoms with van der Waals surface area (Å²) in [5.41, 5.74) is 1.24. The van der Waals surface area contributed by atoms with E-state index in [1.807, 2.05) is 18.2 Å². The summed E-state index contributed by atoms with van der Waals surface area (Å²) in [6, 6.07) is 10.4. The van der Waals surface area contributed by atoms with E-state index in [2.05, 4.69) is 22.3 Å². The van der Waals surface area contributed by atoms with Gasteiger partial charge in [0.25, 0.3) is 0 Å². The van der Waals surface area contributed by atoms with Gasteiger partial charge in [-0.2, -0.15) is 0 Å². The van der Waals surface area contributed by atoms with E-state index in [0.717, 1.165) is 45.6 Å². The molecule has 1 aliphatic carbocycles. The summed E-state index contributed by atoms with van der Waals surface area (Å²) in [7, 11) is 0. The molecule has 0 unspecified atom stereocenters. The Hall–Kier alpha value is -1.39. The van der Waals surface area contributed by atoms with Crippen LogP contribution in [0.15, 0.2) is 30.3 Å². The molecule has 4 nitrogen and oxygen atoms in total. The summed E-state index contributed by atoms with van der Waals surface area (Å²) in [4.78, 5) is 13.9. The van der Waals surface area contributed by atoms with Gasteiger partial charge < -0.3 is 10.1 Å². The molecule has 0 bridgehead atoms. The van der Waals surface area contributed by atoms with Crippen LogP contribution in [0, 0.1) is 5.92 Å². The van der Waals surface area contributed by atoms with Gasteiger partial charge in [-0.1, -0.05) is 30.3 Å². The number of amides is 1. The van der Waals surface area contributed by atoms with Crippen LogP contribution in [0.2, 0.25) is 0 Å². The zero-order chi connectivity index (χ0) is 13.8. The highest BCUT2D eigenvalue weighted by Crippen LogP contribution is 2.28. The Balaban J connectivity index is 1.44. The highest BCUT2D eigenvalue weighted by molar-refractivity contribution is 5.80. The maximum atomic E-state index is 11.6. The van der Waals surface area contributed by atoms with Gasteiger partial charge in [0.1, 0.15) is 0 Å². The van der Waals surface area contributed by atoms with Gasteiger partial charge in [0, 0.05) is 32.1 Å². The van der Waals surface area contributed by atoms with Crippen molar-refractivity contribution in [1.29, 1.82) is 0 Å². The average Bonchev–Trinajstić information content (AvgIpc) is 3.33. The van der Waals surface area contributed by atoms with Crippen molar-refractivity contribution in [3.05, 3.63) is 35.9 Å². The molecule has 108 valence electrons. The van der Waals surface area contributed by atoms with Gasteiger partial charge in [-0.15, -0.1) is 0 Å². The summed E-state index contributed by atoms with van der Waals surface area (Å²) in [5, 5.41) is 3.03. The van der Waals surface area contributed by atoms with Crippen molar-refractivity contribution < 1.29 is 9.53 Å². The number of nitrogens with one attached hydrogen (secondary N) is 1.